The van der Waals surface area contributed by atoms with Crippen molar-refractivity contribution in [1.82, 2.24) is 10.5 Å². The highest BCUT2D eigenvalue weighted by molar-refractivity contribution is 6.31. The Labute approximate surface area is 143 Å². The summed E-state index contributed by atoms with van der Waals surface area (Å²) in [5.74, 6) is -0.527. The van der Waals surface area contributed by atoms with Crippen LogP contribution in [-0.4, -0.2) is 11.1 Å². The van der Waals surface area contributed by atoms with Crippen LogP contribution in [0, 0.1) is 12.7 Å². The fraction of sp³-hybridized carbons (Fsp3) is 0.111. The van der Waals surface area contributed by atoms with E-state index in [1.807, 2.05) is 18.2 Å². The minimum atomic E-state index is -0.413. The molecule has 2 aromatic carbocycles. The van der Waals surface area contributed by atoms with Crippen LogP contribution in [-0.2, 0) is 6.54 Å². The Bertz CT molecular complexity index is 892. The molecular formula is C18H14ClFN2O2. The first kappa shape index (κ1) is 16.2. The van der Waals surface area contributed by atoms with Crippen LogP contribution in [0.4, 0.5) is 4.39 Å². The van der Waals surface area contributed by atoms with Gasteiger partial charge in [-0.3, -0.25) is 4.79 Å². The van der Waals surface area contributed by atoms with Crippen molar-refractivity contribution < 1.29 is 13.7 Å². The number of halogens is 2. The number of aryl methyl sites for hydroxylation is 1. The van der Waals surface area contributed by atoms with Gasteiger partial charge in [-0.25, -0.2) is 4.39 Å². The molecule has 122 valence electrons. The minimum absolute atomic E-state index is 0.239. The highest BCUT2D eigenvalue weighted by atomic mass is 35.5. The predicted octanol–water partition coefficient (Wildman–Crippen LogP) is 4.37. The van der Waals surface area contributed by atoms with Crippen molar-refractivity contribution in [2.24, 2.45) is 0 Å². The predicted molar refractivity (Wildman–Crippen MR) is 89.3 cm³/mol. The van der Waals surface area contributed by atoms with Crippen LogP contribution in [0.3, 0.4) is 0 Å². The molecule has 0 bridgehead atoms. The monoisotopic (exact) mass is 344 g/mol. The molecule has 1 N–H and O–H groups in total. The quantitative estimate of drug-likeness (QED) is 0.764. The van der Waals surface area contributed by atoms with Crippen LogP contribution >= 0.6 is 11.6 Å². The summed E-state index contributed by atoms with van der Waals surface area (Å²) in [4.78, 5) is 12.5. The average Bonchev–Trinajstić information content (AvgIpc) is 2.95. The number of amides is 1. The number of rotatable bonds is 4. The van der Waals surface area contributed by atoms with Crippen molar-refractivity contribution in [2.75, 3.05) is 0 Å². The molecule has 3 rings (SSSR count). The van der Waals surface area contributed by atoms with Gasteiger partial charge in [-0.1, -0.05) is 47.1 Å². The van der Waals surface area contributed by atoms with Crippen molar-refractivity contribution >= 4 is 17.5 Å². The van der Waals surface area contributed by atoms with Gasteiger partial charge in [0.05, 0.1) is 5.69 Å². The first-order chi connectivity index (χ1) is 11.6. The second kappa shape index (κ2) is 6.84. The molecule has 6 heteroatoms. The molecule has 1 amide bonds. The lowest BCUT2D eigenvalue weighted by Crippen LogP contribution is -2.23. The molecule has 1 aromatic heterocycles. The van der Waals surface area contributed by atoms with Crippen molar-refractivity contribution in [3.63, 3.8) is 0 Å². The molecular weight excluding hydrogens is 331 g/mol. The van der Waals surface area contributed by atoms with E-state index in [9.17, 15) is 9.18 Å². The van der Waals surface area contributed by atoms with Crippen molar-refractivity contribution in [3.05, 3.63) is 76.2 Å². The van der Waals surface area contributed by atoms with Crippen LogP contribution in [0.5, 0.6) is 0 Å². The SMILES string of the molecule is Cc1noc(-c2cccc(F)c2)c1C(=O)NCc1ccccc1Cl. The highest BCUT2D eigenvalue weighted by Crippen LogP contribution is 2.27. The molecule has 3 aromatic rings. The molecule has 0 aliphatic carbocycles. The molecule has 0 spiro atoms. The maximum absolute atomic E-state index is 13.4. The highest BCUT2D eigenvalue weighted by Gasteiger charge is 2.22. The van der Waals surface area contributed by atoms with Gasteiger partial charge in [-0.2, -0.15) is 0 Å². The van der Waals surface area contributed by atoms with Gasteiger partial charge in [0.2, 0.25) is 0 Å². The van der Waals surface area contributed by atoms with E-state index in [0.717, 1.165) is 5.56 Å². The molecule has 24 heavy (non-hydrogen) atoms. The lowest BCUT2D eigenvalue weighted by molar-refractivity contribution is 0.0950. The second-order valence-electron chi connectivity index (χ2n) is 5.26. The van der Waals surface area contributed by atoms with Gasteiger partial charge in [-0.15, -0.1) is 0 Å². The summed E-state index contributed by atoms with van der Waals surface area (Å²) in [6, 6.07) is 13.1. The third-order valence-electron chi connectivity index (χ3n) is 3.57. The summed E-state index contributed by atoms with van der Waals surface area (Å²) in [5.41, 5.74) is 1.98. The first-order valence-corrected chi connectivity index (χ1v) is 7.68. The van der Waals surface area contributed by atoms with Crippen LogP contribution in [0.15, 0.2) is 53.1 Å². The van der Waals surface area contributed by atoms with Crippen LogP contribution in [0.25, 0.3) is 11.3 Å². The molecule has 0 saturated heterocycles. The number of benzene rings is 2. The van der Waals surface area contributed by atoms with Gasteiger partial charge in [0.15, 0.2) is 5.76 Å². The van der Waals surface area contributed by atoms with Gasteiger partial charge in [0.25, 0.3) is 5.91 Å². The number of aromatic nitrogens is 1. The fourth-order valence-corrected chi connectivity index (χ4v) is 2.57. The fourth-order valence-electron chi connectivity index (χ4n) is 2.37. The van der Waals surface area contributed by atoms with Gasteiger partial charge < -0.3 is 9.84 Å². The minimum Gasteiger partial charge on any atom is -0.355 e. The molecule has 1 heterocycles. The van der Waals surface area contributed by atoms with Crippen LogP contribution in [0.1, 0.15) is 21.6 Å². The Balaban J connectivity index is 1.85. The number of nitrogens with one attached hydrogen (secondary N) is 1. The smallest absolute Gasteiger partial charge is 0.257 e. The third kappa shape index (κ3) is 3.31. The average molecular weight is 345 g/mol. The van der Waals surface area contributed by atoms with Gasteiger partial charge in [0.1, 0.15) is 11.4 Å². The zero-order valence-electron chi connectivity index (χ0n) is 12.8. The number of hydrogen-bond acceptors (Lipinski definition) is 3. The van der Waals surface area contributed by atoms with Gasteiger partial charge in [-0.05, 0) is 30.7 Å². The van der Waals surface area contributed by atoms with Crippen molar-refractivity contribution in [2.45, 2.75) is 13.5 Å². The third-order valence-corrected chi connectivity index (χ3v) is 3.94. The molecule has 0 unspecified atom stereocenters. The number of carbonyl (C=O) groups excluding carboxylic acids is 1. The zero-order chi connectivity index (χ0) is 17.1. The van der Waals surface area contributed by atoms with E-state index in [-0.39, 0.29) is 23.8 Å². The lowest BCUT2D eigenvalue weighted by Gasteiger charge is -2.07. The maximum Gasteiger partial charge on any atom is 0.257 e. The van der Waals surface area contributed by atoms with E-state index < -0.39 is 5.82 Å². The Hall–Kier alpha value is -2.66. The number of nitrogens with zero attached hydrogens (tertiary/aromatic N) is 1. The Morgan fingerprint density at radius 3 is 2.79 bits per heavy atom. The van der Waals surface area contributed by atoms with E-state index in [1.165, 1.54) is 12.1 Å². The number of hydrogen-bond donors (Lipinski definition) is 1. The normalized spacial score (nSPS) is 10.6. The Kier molecular flexibility index (Phi) is 4.62. The van der Waals surface area contributed by atoms with E-state index in [0.29, 0.717) is 16.3 Å². The topological polar surface area (TPSA) is 55.1 Å². The molecule has 0 aliphatic heterocycles. The molecule has 0 fully saturated rings. The van der Waals surface area contributed by atoms with E-state index >= 15 is 0 Å². The summed E-state index contributed by atoms with van der Waals surface area (Å²) in [5, 5.41) is 7.20. The molecule has 0 radical (unpaired) electrons. The summed E-state index contributed by atoms with van der Waals surface area (Å²) in [6.07, 6.45) is 0. The maximum atomic E-state index is 13.4. The Morgan fingerprint density at radius 1 is 1.25 bits per heavy atom. The van der Waals surface area contributed by atoms with Crippen LogP contribution < -0.4 is 5.32 Å². The molecule has 4 nitrogen and oxygen atoms in total. The van der Waals surface area contributed by atoms with Gasteiger partial charge in [0, 0.05) is 17.1 Å². The van der Waals surface area contributed by atoms with Crippen molar-refractivity contribution in [3.8, 4) is 11.3 Å². The number of carbonyl (C=O) groups is 1. The summed E-state index contributed by atoms with van der Waals surface area (Å²) in [6.45, 7) is 1.93. The second-order valence-corrected chi connectivity index (χ2v) is 5.66. The molecule has 0 saturated carbocycles. The van der Waals surface area contributed by atoms with E-state index in [1.54, 1.807) is 25.1 Å². The Morgan fingerprint density at radius 2 is 2.04 bits per heavy atom. The first-order valence-electron chi connectivity index (χ1n) is 7.30. The largest absolute Gasteiger partial charge is 0.355 e. The zero-order valence-corrected chi connectivity index (χ0v) is 13.6. The van der Waals surface area contributed by atoms with E-state index in [2.05, 4.69) is 10.5 Å². The standard InChI is InChI=1S/C18H14ClFN2O2/c1-11-16(17(24-22-11)12-6-4-7-14(20)9-12)18(23)21-10-13-5-2-3-8-15(13)19/h2-9H,10H2,1H3,(H,21,23). The molecule has 0 aliphatic rings. The van der Waals surface area contributed by atoms with Gasteiger partial charge >= 0.3 is 0 Å². The summed E-state index contributed by atoms with van der Waals surface area (Å²) >= 11 is 6.08. The summed E-state index contributed by atoms with van der Waals surface area (Å²) < 4.78 is 18.7. The van der Waals surface area contributed by atoms with E-state index in [4.69, 9.17) is 16.1 Å². The van der Waals surface area contributed by atoms with Crippen LogP contribution in [0.2, 0.25) is 5.02 Å². The summed E-state index contributed by atoms with van der Waals surface area (Å²) in [7, 11) is 0. The van der Waals surface area contributed by atoms with Crippen molar-refractivity contribution in [1.29, 1.82) is 0 Å². The lowest BCUT2D eigenvalue weighted by atomic mass is 10.1. The molecule has 0 atom stereocenters.